The van der Waals surface area contributed by atoms with Crippen LogP contribution in [0.1, 0.15) is 35.3 Å². The Kier molecular flexibility index (Phi) is 5.72. The van der Waals surface area contributed by atoms with Crippen molar-refractivity contribution < 1.29 is 19.1 Å². The van der Waals surface area contributed by atoms with Gasteiger partial charge < -0.3 is 20.1 Å². The number of aryl methyl sites for hydroxylation is 1. The Morgan fingerprint density at radius 2 is 1.97 bits per heavy atom. The molecule has 2 aromatic rings. The van der Waals surface area contributed by atoms with Gasteiger partial charge in [0.15, 0.2) is 11.5 Å². The van der Waals surface area contributed by atoms with Crippen molar-refractivity contribution in [1.82, 2.24) is 4.90 Å². The third-order valence-corrected chi connectivity index (χ3v) is 7.46. The minimum Gasteiger partial charge on any atom is -0.454 e. The number of nitriles is 1. The SMILES string of the molecule is N#Cc1c(NC(=O)CN2CCC(C(=O)Nc3ccc4c(c3)OCO4)CC2)sc2c1CCC2. The molecule has 2 aliphatic heterocycles. The fourth-order valence-electron chi connectivity index (χ4n) is 4.55. The number of fused-ring (bicyclic) bond motifs is 2. The molecule has 0 spiro atoms. The van der Waals surface area contributed by atoms with Gasteiger partial charge in [0.1, 0.15) is 11.1 Å². The quantitative estimate of drug-likeness (QED) is 0.722. The number of piperidine rings is 1. The van der Waals surface area contributed by atoms with E-state index < -0.39 is 0 Å². The maximum Gasteiger partial charge on any atom is 0.239 e. The van der Waals surface area contributed by atoms with Crippen LogP contribution in [0, 0.1) is 17.2 Å². The molecule has 1 aromatic carbocycles. The number of hydrogen-bond acceptors (Lipinski definition) is 7. The summed E-state index contributed by atoms with van der Waals surface area (Å²) < 4.78 is 10.7. The number of likely N-dealkylation sites (tertiary alicyclic amines) is 1. The largest absolute Gasteiger partial charge is 0.454 e. The second-order valence-corrected chi connectivity index (χ2v) is 9.43. The first-order chi connectivity index (χ1) is 15.6. The van der Waals surface area contributed by atoms with Crippen molar-refractivity contribution in [3.63, 3.8) is 0 Å². The van der Waals surface area contributed by atoms with Crippen molar-refractivity contribution in [2.24, 2.45) is 5.92 Å². The summed E-state index contributed by atoms with van der Waals surface area (Å²) in [6.07, 6.45) is 4.39. The van der Waals surface area contributed by atoms with Gasteiger partial charge in [0.2, 0.25) is 18.6 Å². The molecule has 166 valence electrons. The van der Waals surface area contributed by atoms with Gasteiger partial charge in [-0.15, -0.1) is 11.3 Å². The summed E-state index contributed by atoms with van der Waals surface area (Å²) in [5, 5.41) is 16.1. The summed E-state index contributed by atoms with van der Waals surface area (Å²) in [4.78, 5) is 28.5. The van der Waals surface area contributed by atoms with Gasteiger partial charge in [-0.05, 0) is 62.9 Å². The standard InChI is InChI=1S/C23H24N4O4S/c24-11-17-16-2-1-3-20(16)32-23(17)26-21(28)12-27-8-6-14(7-9-27)22(29)25-15-4-5-18-19(10-15)31-13-30-18/h4-5,10,14H,1-3,6-9,12-13H2,(H,25,29)(H,26,28). The average Bonchev–Trinajstić information content (AvgIpc) is 3.50. The normalized spacial score (nSPS) is 17.6. The topological polar surface area (TPSA) is 104 Å². The lowest BCUT2D eigenvalue weighted by Gasteiger charge is -2.30. The van der Waals surface area contributed by atoms with E-state index in [1.54, 1.807) is 18.2 Å². The van der Waals surface area contributed by atoms with E-state index in [0.29, 0.717) is 53.7 Å². The monoisotopic (exact) mass is 452 g/mol. The number of ether oxygens (including phenoxy) is 2. The number of benzene rings is 1. The van der Waals surface area contributed by atoms with Crippen molar-refractivity contribution in [2.45, 2.75) is 32.1 Å². The maximum absolute atomic E-state index is 12.7. The number of anilines is 2. The lowest BCUT2D eigenvalue weighted by atomic mass is 9.95. The summed E-state index contributed by atoms with van der Waals surface area (Å²) in [5.74, 6) is 1.11. The van der Waals surface area contributed by atoms with E-state index in [2.05, 4.69) is 21.6 Å². The van der Waals surface area contributed by atoms with E-state index in [-0.39, 0.29) is 31.1 Å². The van der Waals surface area contributed by atoms with Crippen LogP contribution in [0.25, 0.3) is 0 Å². The molecule has 0 unspecified atom stereocenters. The van der Waals surface area contributed by atoms with Gasteiger partial charge in [-0.25, -0.2) is 0 Å². The summed E-state index contributed by atoms with van der Waals surface area (Å²) in [7, 11) is 0. The van der Waals surface area contributed by atoms with Crippen LogP contribution in [0.5, 0.6) is 11.5 Å². The second kappa shape index (κ2) is 8.81. The zero-order valence-electron chi connectivity index (χ0n) is 17.6. The summed E-state index contributed by atoms with van der Waals surface area (Å²) in [5.41, 5.74) is 2.44. The molecule has 0 saturated carbocycles. The zero-order valence-corrected chi connectivity index (χ0v) is 18.4. The Hall–Kier alpha value is -3.09. The predicted molar refractivity (Wildman–Crippen MR) is 120 cm³/mol. The Bertz CT molecular complexity index is 1100. The lowest BCUT2D eigenvalue weighted by molar-refractivity contribution is -0.121. The van der Waals surface area contributed by atoms with Gasteiger partial charge in [-0.2, -0.15) is 5.26 Å². The molecule has 3 heterocycles. The highest BCUT2D eigenvalue weighted by Gasteiger charge is 2.28. The molecule has 1 saturated heterocycles. The van der Waals surface area contributed by atoms with Crippen molar-refractivity contribution >= 4 is 33.8 Å². The van der Waals surface area contributed by atoms with E-state index in [1.807, 2.05) is 0 Å². The third kappa shape index (κ3) is 4.16. The van der Waals surface area contributed by atoms with Crippen LogP contribution in [0.3, 0.4) is 0 Å². The van der Waals surface area contributed by atoms with Crippen LogP contribution in [0.15, 0.2) is 18.2 Å². The van der Waals surface area contributed by atoms with E-state index in [9.17, 15) is 14.9 Å². The first kappa shape index (κ1) is 20.8. The third-order valence-electron chi connectivity index (χ3n) is 6.25. The van der Waals surface area contributed by atoms with Gasteiger partial charge >= 0.3 is 0 Å². The van der Waals surface area contributed by atoms with Crippen molar-refractivity contribution in [1.29, 1.82) is 5.26 Å². The molecule has 3 aliphatic rings. The Labute approximate surface area is 190 Å². The molecule has 8 nitrogen and oxygen atoms in total. The predicted octanol–water partition coefficient (Wildman–Crippen LogP) is 3.13. The lowest BCUT2D eigenvalue weighted by Crippen LogP contribution is -2.41. The minimum absolute atomic E-state index is 0.0141. The number of nitrogens with one attached hydrogen (secondary N) is 2. The van der Waals surface area contributed by atoms with Crippen LogP contribution in [0.2, 0.25) is 0 Å². The average molecular weight is 453 g/mol. The molecule has 2 N–H and O–H groups in total. The fraction of sp³-hybridized carbons (Fsp3) is 0.435. The molecule has 0 atom stereocenters. The molecule has 1 fully saturated rings. The van der Waals surface area contributed by atoms with Crippen LogP contribution in [0.4, 0.5) is 10.7 Å². The highest BCUT2D eigenvalue weighted by Crippen LogP contribution is 2.38. The van der Waals surface area contributed by atoms with Crippen molar-refractivity contribution in [3.8, 4) is 17.6 Å². The molecule has 9 heteroatoms. The van der Waals surface area contributed by atoms with Crippen molar-refractivity contribution in [2.75, 3.05) is 37.1 Å². The summed E-state index contributed by atoms with van der Waals surface area (Å²) >= 11 is 1.53. The highest BCUT2D eigenvalue weighted by atomic mass is 32.1. The fourth-order valence-corrected chi connectivity index (χ4v) is 5.81. The minimum atomic E-state index is -0.107. The summed E-state index contributed by atoms with van der Waals surface area (Å²) in [6.45, 7) is 1.83. The first-order valence-electron chi connectivity index (χ1n) is 10.9. The van der Waals surface area contributed by atoms with E-state index in [1.165, 1.54) is 16.2 Å². The summed E-state index contributed by atoms with van der Waals surface area (Å²) in [6, 6.07) is 7.63. The Morgan fingerprint density at radius 1 is 1.16 bits per heavy atom. The molecule has 2 amide bonds. The molecular formula is C23H24N4O4S. The number of amides is 2. The van der Waals surface area contributed by atoms with Gasteiger partial charge in [0.05, 0.1) is 12.1 Å². The van der Waals surface area contributed by atoms with Gasteiger partial charge in [0, 0.05) is 22.5 Å². The number of rotatable bonds is 5. The van der Waals surface area contributed by atoms with Gasteiger partial charge in [0.25, 0.3) is 0 Å². The molecule has 1 aliphatic carbocycles. The zero-order chi connectivity index (χ0) is 22.1. The molecular weight excluding hydrogens is 428 g/mol. The Balaban J connectivity index is 1.11. The second-order valence-electron chi connectivity index (χ2n) is 8.33. The highest BCUT2D eigenvalue weighted by molar-refractivity contribution is 7.16. The van der Waals surface area contributed by atoms with Gasteiger partial charge in [-0.3, -0.25) is 14.5 Å². The number of hydrogen-bond donors (Lipinski definition) is 2. The smallest absolute Gasteiger partial charge is 0.239 e. The Morgan fingerprint density at radius 3 is 2.78 bits per heavy atom. The van der Waals surface area contributed by atoms with Crippen LogP contribution in [-0.2, 0) is 22.4 Å². The molecule has 0 bridgehead atoms. The van der Waals surface area contributed by atoms with Crippen LogP contribution in [-0.4, -0.2) is 43.1 Å². The molecule has 32 heavy (non-hydrogen) atoms. The van der Waals surface area contributed by atoms with E-state index in [4.69, 9.17) is 9.47 Å². The van der Waals surface area contributed by atoms with Crippen molar-refractivity contribution in [3.05, 3.63) is 34.2 Å². The number of carbonyl (C=O) groups excluding carboxylic acids is 2. The first-order valence-corrected chi connectivity index (χ1v) is 11.7. The van der Waals surface area contributed by atoms with E-state index in [0.717, 1.165) is 24.8 Å². The number of carbonyl (C=O) groups is 2. The van der Waals surface area contributed by atoms with Crippen LogP contribution < -0.4 is 20.1 Å². The van der Waals surface area contributed by atoms with Gasteiger partial charge in [-0.1, -0.05) is 0 Å². The molecule has 0 radical (unpaired) electrons. The van der Waals surface area contributed by atoms with E-state index >= 15 is 0 Å². The maximum atomic E-state index is 12.7. The molecule has 1 aromatic heterocycles. The number of thiophene rings is 1. The molecule has 5 rings (SSSR count). The number of nitrogens with zero attached hydrogens (tertiary/aromatic N) is 2. The van der Waals surface area contributed by atoms with Crippen LogP contribution >= 0.6 is 11.3 Å².